The van der Waals surface area contributed by atoms with Crippen LogP contribution in [0.2, 0.25) is 0 Å². The van der Waals surface area contributed by atoms with Crippen LogP contribution >= 0.6 is 11.3 Å². The van der Waals surface area contributed by atoms with Crippen LogP contribution in [-0.4, -0.2) is 36.4 Å². The van der Waals surface area contributed by atoms with Crippen molar-refractivity contribution in [3.8, 4) is 0 Å². The van der Waals surface area contributed by atoms with E-state index in [2.05, 4.69) is 9.72 Å². The number of carbonyl (C=O) groups excluding carboxylic acids is 2. The molecule has 0 saturated heterocycles. The average molecular weight is 264 g/mol. The Morgan fingerprint density at radius 3 is 2.88 bits per heavy atom. The fourth-order valence-electron chi connectivity index (χ4n) is 0.925. The Kier molecular flexibility index (Phi) is 4.95. The highest BCUT2D eigenvalue weighted by molar-refractivity contribution is 7.11. The van der Waals surface area contributed by atoms with Gasteiger partial charge in [0.25, 0.3) is 12.3 Å². The maximum atomic E-state index is 11.8. The highest BCUT2D eigenvalue weighted by atomic mass is 32.1. The van der Waals surface area contributed by atoms with Crippen LogP contribution in [0, 0.1) is 0 Å². The Labute approximate surface area is 99.8 Å². The highest BCUT2D eigenvalue weighted by Gasteiger charge is 2.16. The molecule has 8 heteroatoms. The summed E-state index contributed by atoms with van der Waals surface area (Å²) in [5.41, 5.74) is -0.0706. The first kappa shape index (κ1) is 13.5. The van der Waals surface area contributed by atoms with Gasteiger partial charge < -0.3 is 10.1 Å². The van der Waals surface area contributed by atoms with Gasteiger partial charge in [0.2, 0.25) is 5.01 Å². The van der Waals surface area contributed by atoms with Crippen LogP contribution in [-0.2, 0) is 4.74 Å². The molecule has 0 aliphatic rings. The SMILES string of the molecule is CCOC(=O)c1nc(C(=O)NCC(F)F)cs1. The molecule has 0 bridgehead atoms. The van der Waals surface area contributed by atoms with E-state index in [0.29, 0.717) is 0 Å². The zero-order valence-electron chi connectivity index (χ0n) is 8.91. The number of esters is 1. The molecule has 94 valence electrons. The summed E-state index contributed by atoms with van der Waals surface area (Å²) in [7, 11) is 0. The van der Waals surface area contributed by atoms with Crippen molar-refractivity contribution in [3.63, 3.8) is 0 Å². The topological polar surface area (TPSA) is 68.3 Å². The summed E-state index contributed by atoms with van der Waals surface area (Å²) >= 11 is 0.926. The lowest BCUT2D eigenvalue weighted by molar-refractivity contribution is 0.0526. The van der Waals surface area contributed by atoms with E-state index in [1.165, 1.54) is 5.38 Å². The van der Waals surface area contributed by atoms with E-state index in [4.69, 9.17) is 0 Å². The first-order valence-corrected chi connectivity index (χ1v) is 5.61. The third-order valence-corrected chi connectivity index (χ3v) is 2.43. The number of halogens is 2. The van der Waals surface area contributed by atoms with Crippen molar-refractivity contribution in [1.82, 2.24) is 10.3 Å². The molecule has 1 heterocycles. The quantitative estimate of drug-likeness (QED) is 0.814. The lowest BCUT2D eigenvalue weighted by atomic mass is 10.4. The summed E-state index contributed by atoms with van der Waals surface area (Å²) < 4.78 is 28.4. The Morgan fingerprint density at radius 1 is 1.59 bits per heavy atom. The summed E-state index contributed by atoms with van der Waals surface area (Å²) in [6.45, 7) is 1.10. The predicted octanol–water partition coefficient (Wildman–Crippen LogP) is 1.31. The van der Waals surface area contributed by atoms with E-state index < -0.39 is 24.8 Å². The molecule has 1 rings (SSSR count). The maximum Gasteiger partial charge on any atom is 0.367 e. The van der Waals surface area contributed by atoms with Crippen LogP contribution in [0.1, 0.15) is 27.2 Å². The molecule has 1 aromatic heterocycles. The van der Waals surface area contributed by atoms with E-state index in [0.717, 1.165) is 11.3 Å². The number of nitrogens with zero attached hydrogens (tertiary/aromatic N) is 1. The molecule has 1 N–H and O–H groups in total. The Bertz CT molecular complexity index is 409. The van der Waals surface area contributed by atoms with Crippen LogP contribution in [0.3, 0.4) is 0 Å². The summed E-state index contributed by atoms with van der Waals surface area (Å²) in [6, 6.07) is 0. The normalized spacial score (nSPS) is 10.4. The van der Waals surface area contributed by atoms with Gasteiger partial charge in [-0.3, -0.25) is 4.79 Å². The lowest BCUT2D eigenvalue weighted by Gasteiger charge is -2.00. The Morgan fingerprint density at radius 2 is 2.29 bits per heavy atom. The molecular formula is C9H10F2N2O3S. The molecule has 0 saturated carbocycles. The van der Waals surface area contributed by atoms with Crippen molar-refractivity contribution < 1.29 is 23.1 Å². The van der Waals surface area contributed by atoms with Gasteiger partial charge in [-0.2, -0.15) is 0 Å². The highest BCUT2D eigenvalue weighted by Crippen LogP contribution is 2.11. The molecule has 0 radical (unpaired) electrons. The van der Waals surface area contributed by atoms with Gasteiger partial charge in [0.15, 0.2) is 0 Å². The molecular weight excluding hydrogens is 254 g/mol. The Balaban J connectivity index is 2.61. The van der Waals surface area contributed by atoms with Crippen molar-refractivity contribution in [2.45, 2.75) is 13.3 Å². The van der Waals surface area contributed by atoms with Gasteiger partial charge in [-0.05, 0) is 6.92 Å². The number of carbonyl (C=O) groups is 2. The summed E-state index contributed by atoms with van der Waals surface area (Å²) in [4.78, 5) is 26.2. The van der Waals surface area contributed by atoms with E-state index in [1.807, 2.05) is 5.32 Å². The fourth-order valence-corrected chi connectivity index (χ4v) is 1.61. The monoisotopic (exact) mass is 264 g/mol. The minimum atomic E-state index is -2.62. The standard InChI is InChI=1S/C9H10F2N2O3S/c1-2-16-9(15)8-13-5(4-17-8)7(14)12-3-6(10)11/h4,6H,2-3H2,1H3,(H,12,14). The van der Waals surface area contributed by atoms with Crippen LogP contribution in [0.25, 0.3) is 0 Å². The molecule has 17 heavy (non-hydrogen) atoms. The second-order valence-corrected chi connectivity index (χ2v) is 3.72. The van der Waals surface area contributed by atoms with E-state index in [1.54, 1.807) is 6.92 Å². The summed E-state index contributed by atoms with van der Waals surface area (Å²) in [5, 5.41) is 3.32. The van der Waals surface area contributed by atoms with Gasteiger partial charge in [-0.25, -0.2) is 18.6 Å². The van der Waals surface area contributed by atoms with Gasteiger partial charge in [0.05, 0.1) is 13.2 Å². The zero-order chi connectivity index (χ0) is 12.8. The minimum absolute atomic E-state index is 0.0223. The van der Waals surface area contributed by atoms with Crippen molar-refractivity contribution in [3.05, 3.63) is 16.1 Å². The number of nitrogens with one attached hydrogen (secondary N) is 1. The number of hydrogen-bond donors (Lipinski definition) is 1. The largest absolute Gasteiger partial charge is 0.461 e. The van der Waals surface area contributed by atoms with Crippen molar-refractivity contribution in [2.75, 3.05) is 13.2 Å². The number of amides is 1. The van der Waals surface area contributed by atoms with Crippen molar-refractivity contribution in [2.24, 2.45) is 0 Å². The van der Waals surface area contributed by atoms with E-state index in [9.17, 15) is 18.4 Å². The van der Waals surface area contributed by atoms with Gasteiger partial charge >= 0.3 is 5.97 Å². The second kappa shape index (κ2) is 6.24. The molecule has 1 aromatic rings. The van der Waals surface area contributed by atoms with E-state index in [-0.39, 0.29) is 17.3 Å². The number of ether oxygens (including phenoxy) is 1. The molecule has 0 atom stereocenters. The molecule has 0 aliphatic carbocycles. The summed E-state index contributed by atoms with van der Waals surface area (Å²) in [5.74, 6) is -1.37. The average Bonchev–Trinajstić information content (AvgIpc) is 2.75. The lowest BCUT2D eigenvalue weighted by Crippen LogP contribution is -2.28. The number of rotatable bonds is 5. The smallest absolute Gasteiger partial charge is 0.367 e. The van der Waals surface area contributed by atoms with Crippen LogP contribution in [0.5, 0.6) is 0 Å². The number of alkyl halides is 2. The molecule has 0 aliphatic heterocycles. The molecule has 0 spiro atoms. The number of hydrogen-bond acceptors (Lipinski definition) is 5. The minimum Gasteiger partial charge on any atom is -0.461 e. The van der Waals surface area contributed by atoms with Gasteiger partial charge in [0.1, 0.15) is 5.69 Å². The van der Waals surface area contributed by atoms with Crippen LogP contribution < -0.4 is 5.32 Å². The van der Waals surface area contributed by atoms with Gasteiger partial charge in [-0.15, -0.1) is 11.3 Å². The third-order valence-electron chi connectivity index (χ3n) is 1.60. The predicted molar refractivity (Wildman–Crippen MR) is 56.4 cm³/mol. The molecule has 0 aromatic carbocycles. The molecule has 0 unspecified atom stereocenters. The third kappa shape index (κ3) is 4.06. The molecule has 5 nitrogen and oxygen atoms in total. The van der Waals surface area contributed by atoms with Gasteiger partial charge in [0, 0.05) is 5.38 Å². The summed E-state index contributed by atoms with van der Waals surface area (Å²) in [6.07, 6.45) is -2.62. The zero-order valence-corrected chi connectivity index (χ0v) is 9.72. The fraction of sp³-hybridized carbons (Fsp3) is 0.444. The van der Waals surface area contributed by atoms with Crippen molar-refractivity contribution >= 4 is 23.2 Å². The van der Waals surface area contributed by atoms with Crippen LogP contribution in [0.15, 0.2) is 5.38 Å². The van der Waals surface area contributed by atoms with Gasteiger partial charge in [-0.1, -0.05) is 0 Å². The molecule has 1 amide bonds. The van der Waals surface area contributed by atoms with E-state index >= 15 is 0 Å². The molecule has 0 fully saturated rings. The van der Waals surface area contributed by atoms with Crippen molar-refractivity contribution in [1.29, 1.82) is 0 Å². The first-order valence-electron chi connectivity index (χ1n) is 4.73. The second-order valence-electron chi connectivity index (χ2n) is 2.86. The first-order chi connectivity index (χ1) is 8.04. The number of aromatic nitrogens is 1. The maximum absolute atomic E-state index is 11.8. The Hall–Kier alpha value is -1.57. The number of thiazole rings is 1. The van der Waals surface area contributed by atoms with Crippen LogP contribution in [0.4, 0.5) is 8.78 Å².